The molecule has 7 heteroatoms. The van der Waals surface area contributed by atoms with Gasteiger partial charge in [0.1, 0.15) is 0 Å². The Labute approximate surface area is 127 Å². The normalized spacial score (nSPS) is 31.8. The number of nitrogens with two attached hydrogens (primary N) is 1. The van der Waals surface area contributed by atoms with Gasteiger partial charge in [-0.25, -0.2) is 8.42 Å². The Kier molecular flexibility index (Phi) is 5.62. The number of esters is 1. The minimum Gasteiger partial charge on any atom is -0.469 e. The van der Waals surface area contributed by atoms with Crippen molar-refractivity contribution in [2.75, 3.05) is 20.2 Å². The molecule has 2 rings (SSSR count). The molecule has 6 nitrogen and oxygen atoms in total. The molecule has 1 aliphatic heterocycles. The monoisotopic (exact) mass is 318 g/mol. The van der Waals surface area contributed by atoms with Gasteiger partial charge in [-0.15, -0.1) is 0 Å². The molecule has 0 radical (unpaired) electrons. The van der Waals surface area contributed by atoms with Gasteiger partial charge < -0.3 is 10.5 Å². The van der Waals surface area contributed by atoms with Crippen LogP contribution in [0.15, 0.2) is 0 Å². The van der Waals surface area contributed by atoms with Crippen molar-refractivity contribution >= 4 is 16.0 Å². The zero-order valence-electron chi connectivity index (χ0n) is 12.7. The third kappa shape index (κ3) is 3.40. The highest BCUT2D eigenvalue weighted by molar-refractivity contribution is 7.89. The topological polar surface area (TPSA) is 89.7 Å². The van der Waals surface area contributed by atoms with Gasteiger partial charge in [-0.05, 0) is 25.7 Å². The molecule has 2 fully saturated rings. The van der Waals surface area contributed by atoms with Gasteiger partial charge in [0.05, 0.1) is 18.3 Å². The molecule has 1 saturated carbocycles. The third-order valence-corrected chi connectivity index (χ3v) is 7.23. The van der Waals surface area contributed by atoms with Crippen molar-refractivity contribution in [2.45, 2.75) is 56.2 Å². The summed E-state index contributed by atoms with van der Waals surface area (Å²) in [6, 6.07) is -0.121. The van der Waals surface area contributed by atoms with Crippen LogP contribution in [0.5, 0.6) is 0 Å². The van der Waals surface area contributed by atoms with E-state index in [1.807, 2.05) is 0 Å². The van der Waals surface area contributed by atoms with Crippen LogP contribution in [0.25, 0.3) is 0 Å². The van der Waals surface area contributed by atoms with E-state index in [9.17, 15) is 13.2 Å². The summed E-state index contributed by atoms with van der Waals surface area (Å²) in [6.07, 6.45) is 5.55. The predicted molar refractivity (Wildman–Crippen MR) is 80.1 cm³/mol. The van der Waals surface area contributed by atoms with Gasteiger partial charge in [-0.2, -0.15) is 4.31 Å². The van der Waals surface area contributed by atoms with Crippen LogP contribution >= 0.6 is 0 Å². The Hall–Kier alpha value is -0.660. The van der Waals surface area contributed by atoms with Gasteiger partial charge in [0, 0.05) is 19.1 Å². The number of carbonyl (C=O) groups excluding carboxylic acids is 1. The number of carbonyl (C=O) groups is 1. The Morgan fingerprint density at radius 1 is 1.19 bits per heavy atom. The first-order chi connectivity index (χ1) is 10.0. The maximum Gasteiger partial charge on any atom is 0.310 e. The van der Waals surface area contributed by atoms with Crippen LogP contribution in [-0.4, -0.2) is 50.2 Å². The second-order valence-electron chi connectivity index (χ2n) is 5.99. The molecular weight excluding hydrogens is 292 g/mol. The van der Waals surface area contributed by atoms with Gasteiger partial charge in [0.2, 0.25) is 10.0 Å². The fourth-order valence-electron chi connectivity index (χ4n) is 3.59. The number of ether oxygens (including phenoxy) is 1. The molecule has 2 N–H and O–H groups in total. The van der Waals surface area contributed by atoms with Gasteiger partial charge >= 0.3 is 5.97 Å². The maximum absolute atomic E-state index is 13.0. The molecule has 0 spiro atoms. The summed E-state index contributed by atoms with van der Waals surface area (Å²) >= 11 is 0. The van der Waals surface area contributed by atoms with E-state index in [1.54, 1.807) is 4.31 Å². The lowest BCUT2D eigenvalue weighted by atomic mass is 9.89. The summed E-state index contributed by atoms with van der Waals surface area (Å²) in [6.45, 7) is 0.865. The van der Waals surface area contributed by atoms with Gasteiger partial charge in [0.15, 0.2) is 0 Å². The summed E-state index contributed by atoms with van der Waals surface area (Å²) in [5.74, 6) is -0.932. The highest BCUT2D eigenvalue weighted by Gasteiger charge is 2.45. The first kappa shape index (κ1) is 16.7. The first-order valence-corrected chi connectivity index (χ1v) is 9.31. The number of piperidine rings is 1. The van der Waals surface area contributed by atoms with E-state index in [-0.39, 0.29) is 6.04 Å². The number of hydrogen-bond acceptors (Lipinski definition) is 5. The van der Waals surface area contributed by atoms with Crippen LogP contribution in [0, 0.1) is 5.92 Å². The molecule has 0 bridgehead atoms. The van der Waals surface area contributed by atoms with Crippen molar-refractivity contribution < 1.29 is 17.9 Å². The molecule has 1 aliphatic carbocycles. The fraction of sp³-hybridized carbons (Fsp3) is 0.929. The molecule has 0 aromatic heterocycles. The second-order valence-corrected chi connectivity index (χ2v) is 8.10. The van der Waals surface area contributed by atoms with Gasteiger partial charge in [-0.3, -0.25) is 4.79 Å². The Balaban J connectivity index is 2.24. The molecule has 122 valence electrons. The van der Waals surface area contributed by atoms with Crippen molar-refractivity contribution in [3.05, 3.63) is 0 Å². The zero-order valence-corrected chi connectivity index (χ0v) is 13.5. The van der Waals surface area contributed by atoms with Crippen molar-refractivity contribution in [3.63, 3.8) is 0 Å². The molecule has 0 amide bonds. The number of methoxy groups -OCH3 is 1. The molecular formula is C14H26N2O4S. The maximum atomic E-state index is 13.0. The molecule has 3 unspecified atom stereocenters. The minimum atomic E-state index is -3.50. The highest BCUT2D eigenvalue weighted by atomic mass is 32.2. The highest BCUT2D eigenvalue weighted by Crippen LogP contribution is 2.34. The average Bonchev–Trinajstić information content (AvgIpc) is 2.54. The molecule has 0 aromatic rings. The largest absolute Gasteiger partial charge is 0.469 e. The van der Waals surface area contributed by atoms with E-state index in [1.165, 1.54) is 7.11 Å². The van der Waals surface area contributed by atoms with Crippen molar-refractivity contribution in [2.24, 2.45) is 11.7 Å². The standard InChI is InChI=1S/C14H26N2O4S/c1-20-14(17)12-7-2-3-8-13(12)21(18,19)16-9-5-4-6-11(16)10-15/h11-13H,2-10,15H2,1H3. The number of hydrogen-bond donors (Lipinski definition) is 1. The molecule has 1 heterocycles. The summed E-state index contributed by atoms with van der Waals surface area (Å²) in [4.78, 5) is 11.9. The van der Waals surface area contributed by atoms with Crippen LogP contribution in [-0.2, 0) is 19.6 Å². The fourth-order valence-corrected chi connectivity index (χ4v) is 6.06. The van der Waals surface area contributed by atoms with E-state index >= 15 is 0 Å². The first-order valence-electron chi connectivity index (χ1n) is 7.81. The summed E-state index contributed by atoms with van der Waals surface area (Å²) in [5.41, 5.74) is 5.74. The van der Waals surface area contributed by atoms with Gasteiger partial charge in [0.25, 0.3) is 0 Å². The number of rotatable bonds is 4. The summed E-state index contributed by atoms with van der Waals surface area (Å²) in [7, 11) is -2.17. The SMILES string of the molecule is COC(=O)C1CCCCC1S(=O)(=O)N1CCCCC1CN. The third-order valence-electron chi connectivity index (χ3n) is 4.76. The van der Waals surface area contributed by atoms with E-state index in [0.717, 1.165) is 32.1 Å². The lowest BCUT2D eigenvalue weighted by molar-refractivity contribution is -0.146. The van der Waals surface area contributed by atoms with Crippen LogP contribution in [0.2, 0.25) is 0 Å². The summed E-state index contributed by atoms with van der Waals surface area (Å²) in [5, 5.41) is -0.647. The van der Waals surface area contributed by atoms with Crippen LogP contribution in [0.1, 0.15) is 44.9 Å². The van der Waals surface area contributed by atoms with E-state index in [0.29, 0.717) is 25.9 Å². The zero-order chi connectivity index (χ0) is 15.5. The average molecular weight is 318 g/mol. The lowest BCUT2D eigenvalue weighted by Crippen LogP contribution is -2.53. The predicted octanol–water partition coefficient (Wildman–Crippen LogP) is 0.861. The summed E-state index contributed by atoms with van der Waals surface area (Å²) < 4.78 is 32.4. The Morgan fingerprint density at radius 2 is 1.86 bits per heavy atom. The molecule has 0 aromatic carbocycles. The molecule has 3 atom stereocenters. The van der Waals surface area contributed by atoms with E-state index in [4.69, 9.17) is 10.5 Å². The second kappa shape index (κ2) is 7.07. The Bertz CT molecular complexity index is 466. The van der Waals surface area contributed by atoms with Crippen molar-refractivity contribution in [1.29, 1.82) is 0 Å². The van der Waals surface area contributed by atoms with Crippen LogP contribution < -0.4 is 5.73 Å². The number of sulfonamides is 1. The molecule has 1 saturated heterocycles. The minimum absolute atomic E-state index is 0.121. The lowest BCUT2D eigenvalue weighted by Gasteiger charge is -2.39. The van der Waals surface area contributed by atoms with Crippen molar-refractivity contribution in [1.82, 2.24) is 4.31 Å². The smallest absolute Gasteiger partial charge is 0.310 e. The number of nitrogens with zero attached hydrogens (tertiary/aromatic N) is 1. The quantitative estimate of drug-likeness (QED) is 0.777. The Morgan fingerprint density at radius 3 is 2.52 bits per heavy atom. The van der Waals surface area contributed by atoms with Crippen LogP contribution in [0.3, 0.4) is 0 Å². The van der Waals surface area contributed by atoms with Crippen LogP contribution in [0.4, 0.5) is 0 Å². The molecule has 2 aliphatic rings. The van der Waals surface area contributed by atoms with E-state index < -0.39 is 27.2 Å². The van der Waals surface area contributed by atoms with Gasteiger partial charge in [-0.1, -0.05) is 19.3 Å². The van der Waals surface area contributed by atoms with Crippen molar-refractivity contribution in [3.8, 4) is 0 Å². The van der Waals surface area contributed by atoms with E-state index in [2.05, 4.69) is 0 Å². The molecule has 21 heavy (non-hydrogen) atoms.